The van der Waals surface area contributed by atoms with Crippen LogP contribution in [0.4, 0.5) is 5.69 Å². The molecule has 11 heteroatoms. The summed E-state index contributed by atoms with van der Waals surface area (Å²) in [7, 11) is -6.14. The molecule has 1 fully saturated rings. The summed E-state index contributed by atoms with van der Waals surface area (Å²) < 4.78 is 66.1. The van der Waals surface area contributed by atoms with E-state index in [0.717, 1.165) is 12.8 Å². The maximum absolute atomic E-state index is 12.9. The number of benzene rings is 2. The Bertz CT molecular complexity index is 1300. The second kappa shape index (κ2) is 8.77. The lowest BCUT2D eigenvalue weighted by molar-refractivity contribution is 0.412. The number of ether oxygens (including phenoxy) is 2. The number of sulfonamides is 2. The molecule has 0 radical (unpaired) electrons. The van der Waals surface area contributed by atoms with Crippen LogP contribution in [0, 0.1) is 0 Å². The first kappa shape index (κ1) is 22.1. The van der Waals surface area contributed by atoms with Crippen LogP contribution in [-0.4, -0.2) is 35.0 Å². The lowest BCUT2D eigenvalue weighted by atomic mass is 10.3. The SMILES string of the molecule is COc1ccc(Oc2ncccc2NS(=O)(=O)c2ccc(S(=O)(=O)NC3CC3)cc2)cc1. The van der Waals surface area contributed by atoms with E-state index >= 15 is 0 Å². The van der Waals surface area contributed by atoms with Gasteiger partial charge in [0.25, 0.3) is 10.0 Å². The highest BCUT2D eigenvalue weighted by Crippen LogP contribution is 2.30. The summed E-state index contributed by atoms with van der Waals surface area (Å²) in [5, 5.41) is 0. The summed E-state index contributed by atoms with van der Waals surface area (Å²) in [4.78, 5) is 4.02. The molecule has 2 aromatic carbocycles. The van der Waals surface area contributed by atoms with Gasteiger partial charge in [-0.1, -0.05) is 0 Å². The fourth-order valence-electron chi connectivity index (χ4n) is 2.80. The van der Waals surface area contributed by atoms with Crippen LogP contribution >= 0.6 is 0 Å². The predicted molar refractivity (Wildman–Crippen MR) is 118 cm³/mol. The van der Waals surface area contributed by atoms with E-state index < -0.39 is 20.0 Å². The normalized spacial score (nSPS) is 14.0. The van der Waals surface area contributed by atoms with Crippen molar-refractivity contribution < 1.29 is 26.3 Å². The van der Waals surface area contributed by atoms with Crippen molar-refractivity contribution in [2.45, 2.75) is 28.7 Å². The van der Waals surface area contributed by atoms with Crippen molar-refractivity contribution in [2.75, 3.05) is 11.8 Å². The summed E-state index contributed by atoms with van der Waals surface area (Å²) in [6.07, 6.45) is 3.09. The minimum absolute atomic E-state index is 0.00764. The predicted octanol–water partition coefficient (Wildman–Crippen LogP) is 3.12. The van der Waals surface area contributed by atoms with Crippen LogP contribution in [0.5, 0.6) is 17.4 Å². The summed E-state index contributed by atoms with van der Waals surface area (Å²) in [6.45, 7) is 0. The van der Waals surface area contributed by atoms with Gasteiger partial charge in [0.2, 0.25) is 15.9 Å². The Morgan fingerprint density at radius 2 is 1.44 bits per heavy atom. The Morgan fingerprint density at radius 3 is 2.03 bits per heavy atom. The van der Waals surface area contributed by atoms with Gasteiger partial charge < -0.3 is 9.47 Å². The molecule has 0 unspecified atom stereocenters. The lowest BCUT2D eigenvalue weighted by Crippen LogP contribution is -2.25. The molecule has 2 N–H and O–H groups in total. The third-order valence-corrected chi connectivity index (χ3v) is 7.55. The molecular weight excluding hydrogens is 454 g/mol. The quantitative estimate of drug-likeness (QED) is 0.487. The smallest absolute Gasteiger partial charge is 0.262 e. The van der Waals surface area contributed by atoms with E-state index in [9.17, 15) is 16.8 Å². The average Bonchev–Trinajstić information content (AvgIpc) is 3.59. The first-order chi connectivity index (χ1) is 15.3. The molecule has 0 saturated heterocycles. The van der Waals surface area contributed by atoms with Gasteiger partial charge in [-0.3, -0.25) is 4.72 Å². The van der Waals surface area contributed by atoms with Crippen LogP contribution < -0.4 is 18.9 Å². The molecule has 0 bridgehead atoms. The number of nitrogens with zero attached hydrogens (tertiary/aromatic N) is 1. The minimum atomic E-state index is -4.02. The van der Waals surface area contributed by atoms with Crippen molar-refractivity contribution in [3.63, 3.8) is 0 Å². The van der Waals surface area contributed by atoms with Crippen molar-refractivity contribution in [3.8, 4) is 17.4 Å². The van der Waals surface area contributed by atoms with Crippen LogP contribution in [0.2, 0.25) is 0 Å². The summed E-state index contributed by atoms with van der Waals surface area (Å²) in [6, 6.07) is 14.8. The van der Waals surface area contributed by atoms with Crippen molar-refractivity contribution >= 4 is 25.7 Å². The maximum atomic E-state index is 12.9. The van der Waals surface area contributed by atoms with Crippen LogP contribution in [0.25, 0.3) is 0 Å². The molecule has 4 rings (SSSR count). The number of hydrogen-bond donors (Lipinski definition) is 2. The second-order valence-electron chi connectivity index (χ2n) is 7.11. The first-order valence-corrected chi connectivity index (χ1v) is 12.7. The molecule has 1 aromatic heterocycles. The fourth-order valence-corrected chi connectivity index (χ4v) is 5.16. The number of pyridine rings is 1. The molecular formula is C21H21N3O6S2. The molecule has 0 spiro atoms. The Kier molecular flexibility index (Phi) is 6.04. The van der Waals surface area contributed by atoms with Crippen LogP contribution in [0.1, 0.15) is 12.8 Å². The van der Waals surface area contributed by atoms with Gasteiger partial charge in [-0.05, 0) is 73.5 Å². The number of nitrogens with one attached hydrogen (secondary N) is 2. The number of hydrogen-bond acceptors (Lipinski definition) is 7. The van der Waals surface area contributed by atoms with Gasteiger partial charge in [-0.2, -0.15) is 0 Å². The van der Waals surface area contributed by atoms with E-state index in [2.05, 4.69) is 14.4 Å². The highest BCUT2D eigenvalue weighted by molar-refractivity contribution is 7.92. The fraction of sp³-hybridized carbons (Fsp3) is 0.190. The van der Waals surface area contributed by atoms with E-state index in [1.54, 1.807) is 37.4 Å². The largest absolute Gasteiger partial charge is 0.497 e. The van der Waals surface area contributed by atoms with Crippen LogP contribution in [0.15, 0.2) is 76.7 Å². The maximum Gasteiger partial charge on any atom is 0.262 e. The minimum Gasteiger partial charge on any atom is -0.497 e. The standard InChI is InChI=1S/C21H21N3O6S2/c1-29-16-6-8-17(9-7-16)30-21-20(3-2-14-22-21)24-32(27,28)19-12-10-18(11-13-19)31(25,26)23-15-4-5-15/h2-3,6-15,23-24H,4-5H2,1H3. The molecule has 9 nitrogen and oxygen atoms in total. The second-order valence-corrected chi connectivity index (χ2v) is 10.5. The highest BCUT2D eigenvalue weighted by Gasteiger charge is 2.28. The zero-order chi connectivity index (χ0) is 22.8. The molecule has 0 aliphatic heterocycles. The summed E-state index contributed by atoms with van der Waals surface area (Å²) in [5.41, 5.74) is 0.135. The number of anilines is 1. The van der Waals surface area contributed by atoms with Crippen LogP contribution in [-0.2, 0) is 20.0 Å². The van der Waals surface area contributed by atoms with Gasteiger partial charge in [0, 0.05) is 12.2 Å². The Hall–Kier alpha value is -3.15. The van der Waals surface area contributed by atoms with Crippen molar-refractivity contribution in [2.24, 2.45) is 0 Å². The zero-order valence-electron chi connectivity index (χ0n) is 17.1. The molecule has 1 heterocycles. The number of aromatic nitrogens is 1. The molecule has 0 amide bonds. The van der Waals surface area contributed by atoms with E-state index in [-0.39, 0.29) is 27.4 Å². The molecule has 168 valence electrons. The van der Waals surface area contributed by atoms with E-state index in [0.29, 0.717) is 11.5 Å². The third-order valence-electron chi connectivity index (χ3n) is 4.63. The molecule has 32 heavy (non-hydrogen) atoms. The lowest BCUT2D eigenvalue weighted by Gasteiger charge is -2.13. The molecule has 1 aliphatic carbocycles. The van der Waals surface area contributed by atoms with Gasteiger partial charge in [-0.25, -0.2) is 26.5 Å². The number of methoxy groups -OCH3 is 1. The number of rotatable bonds is 9. The zero-order valence-corrected chi connectivity index (χ0v) is 18.7. The van der Waals surface area contributed by atoms with Crippen molar-refractivity contribution in [3.05, 3.63) is 66.9 Å². The van der Waals surface area contributed by atoms with Crippen LogP contribution in [0.3, 0.4) is 0 Å². The Labute approximate surface area is 186 Å². The Morgan fingerprint density at radius 1 is 0.844 bits per heavy atom. The van der Waals surface area contributed by atoms with Gasteiger partial charge in [-0.15, -0.1) is 0 Å². The highest BCUT2D eigenvalue weighted by atomic mass is 32.2. The van der Waals surface area contributed by atoms with Gasteiger partial charge in [0.15, 0.2) is 0 Å². The molecule has 3 aromatic rings. The third kappa shape index (κ3) is 5.18. The average molecular weight is 476 g/mol. The monoisotopic (exact) mass is 475 g/mol. The molecule has 0 atom stereocenters. The van der Waals surface area contributed by atoms with Crippen molar-refractivity contribution in [1.82, 2.24) is 9.71 Å². The summed E-state index contributed by atoms with van der Waals surface area (Å²) in [5.74, 6) is 1.16. The van der Waals surface area contributed by atoms with E-state index in [1.165, 1.54) is 36.5 Å². The molecule has 1 aliphatic rings. The Balaban J connectivity index is 1.53. The van der Waals surface area contributed by atoms with Gasteiger partial charge in [0.05, 0.1) is 16.9 Å². The van der Waals surface area contributed by atoms with E-state index in [4.69, 9.17) is 9.47 Å². The van der Waals surface area contributed by atoms with Gasteiger partial charge >= 0.3 is 0 Å². The van der Waals surface area contributed by atoms with Gasteiger partial charge in [0.1, 0.15) is 17.2 Å². The summed E-state index contributed by atoms with van der Waals surface area (Å²) >= 11 is 0. The first-order valence-electron chi connectivity index (χ1n) is 9.69. The van der Waals surface area contributed by atoms with Crippen molar-refractivity contribution in [1.29, 1.82) is 0 Å². The van der Waals surface area contributed by atoms with E-state index in [1.807, 2.05) is 0 Å². The topological polar surface area (TPSA) is 124 Å². The molecule has 1 saturated carbocycles.